The third kappa shape index (κ3) is 5.19. The minimum atomic E-state index is -3.43. The van der Waals surface area contributed by atoms with Crippen LogP contribution < -0.4 is 4.72 Å². The number of rotatable bonds is 7. The normalized spacial score (nSPS) is 12.7. The maximum Gasteiger partial charge on any atom is 0.240 e. The second-order valence-corrected chi connectivity index (χ2v) is 8.58. The molecule has 1 aromatic rings. The lowest BCUT2D eigenvalue weighted by Crippen LogP contribution is -2.34. The summed E-state index contributed by atoms with van der Waals surface area (Å²) in [6, 6.07) is 5.50. The highest BCUT2D eigenvalue weighted by molar-refractivity contribution is 9.09. The van der Waals surface area contributed by atoms with Crippen molar-refractivity contribution in [2.75, 3.05) is 11.9 Å². The molecule has 1 rings (SSSR count). The molecular weight excluding hydrogens is 338 g/mol. The fraction of sp³-hybridized carbons (Fsp3) is 0.600. The van der Waals surface area contributed by atoms with Crippen molar-refractivity contribution in [2.24, 2.45) is 5.41 Å². The minimum absolute atomic E-state index is 0.0431. The largest absolute Gasteiger partial charge is 0.240 e. The molecule has 114 valence electrons. The molecule has 20 heavy (non-hydrogen) atoms. The molecule has 0 heterocycles. The van der Waals surface area contributed by atoms with Crippen LogP contribution in [-0.2, 0) is 10.0 Å². The van der Waals surface area contributed by atoms with Crippen LogP contribution in [0.15, 0.2) is 23.1 Å². The molecule has 0 amide bonds. The van der Waals surface area contributed by atoms with Crippen molar-refractivity contribution < 1.29 is 8.42 Å². The standard InChI is InChI=1S/C15H24BrNO2S/c1-12-6-7-13(2)14(10-12)20(18,19)17-11-15(3,4)8-5-9-16/h6-7,10,17H,5,8-9,11H2,1-4H3. The average Bonchev–Trinajstić information content (AvgIpc) is 2.37. The number of hydrogen-bond acceptors (Lipinski definition) is 2. The predicted molar refractivity (Wildman–Crippen MR) is 87.9 cm³/mol. The van der Waals surface area contributed by atoms with Crippen LogP contribution in [0.2, 0.25) is 0 Å². The summed E-state index contributed by atoms with van der Waals surface area (Å²) < 4.78 is 27.6. The van der Waals surface area contributed by atoms with Gasteiger partial charge in [0.2, 0.25) is 10.0 Å². The highest BCUT2D eigenvalue weighted by Gasteiger charge is 2.23. The second kappa shape index (κ2) is 7.05. The molecular formula is C15H24BrNO2S. The topological polar surface area (TPSA) is 46.2 Å². The molecule has 0 radical (unpaired) electrons. The van der Waals surface area contributed by atoms with Gasteiger partial charge >= 0.3 is 0 Å². The van der Waals surface area contributed by atoms with Crippen molar-refractivity contribution in [3.63, 3.8) is 0 Å². The van der Waals surface area contributed by atoms with Crippen molar-refractivity contribution >= 4 is 26.0 Å². The molecule has 1 aromatic carbocycles. The van der Waals surface area contributed by atoms with Gasteiger partial charge in [-0.2, -0.15) is 0 Å². The molecule has 1 N–H and O–H groups in total. The molecule has 0 atom stereocenters. The van der Waals surface area contributed by atoms with Crippen LogP contribution in [0.3, 0.4) is 0 Å². The fourth-order valence-corrected chi connectivity index (χ4v) is 3.85. The first-order valence-corrected chi connectivity index (χ1v) is 9.41. The lowest BCUT2D eigenvalue weighted by molar-refractivity contribution is 0.332. The molecule has 0 saturated heterocycles. The van der Waals surface area contributed by atoms with Crippen LogP contribution in [-0.4, -0.2) is 20.3 Å². The van der Waals surface area contributed by atoms with Gasteiger partial charge in [0, 0.05) is 11.9 Å². The van der Waals surface area contributed by atoms with Gasteiger partial charge in [-0.3, -0.25) is 0 Å². The van der Waals surface area contributed by atoms with Gasteiger partial charge in [-0.15, -0.1) is 0 Å². The lowest BCUT2D eigenvalue weighted by atomic mass is 9.88. The quantitative estimate of drug-likeness (QED) is 0.751. The van der Waals surface area contributed by atoms with E-state index in [9.17, 15) is 8.42 Å². The molecule has 5 heteroatoms. The van der Waals surface area contributed by atoms with E-state index < -0.39 is 10.0 Å². The maximum absolute atomic E-state index is 12.4. The summed E-state index contributed by atoms with van der Waals surface area (Å²) in [6.45, 7) is 8.35. The number of nitrogens with one attached hydrogen (secondary N) is 1. The van der Waals surface area contributed by atoms with Gasteiger partial charge in [0.05, 0.1) is 4.90 Å². The third-order valence-corrected chi connectivity index (χ3v) is 5.47. The molecule has 0 aliphatic rings. The lowest BCUT2D eigenvalue weighted by Gasteiger charge is -2.24. The Morgan fingerprint density at radius 3 is 2.50 bits per heavy atom. The summed E-state index contributed by atoms with van der Waals surface area (Å²) >= 11 is 3.41. The maximum atomic E-state index is 12.4. The smallest absolute Gasteiger partial charge is 0.211 e. The minimum Gasteiger partial charge on any atom is -0.211 e. The Kier molecular flexibility index (Phi) is 6.23. The zero-order valence-electron chi connectivity index (χ0n) is 12.7. The zero-order chi connectivity index (χ0) is 15.4. The van der Waals surface area contributed by atoms with Crippen LogP contribution >= 0.6 is 15.9 Å². The molecule has 0 aliphatic carbocycles. The number of alkyl halides is 1. The van der Waals surface area contributed by atoms with Crippen molar-refractivity contribution in [1.82, 2.24) is 4.72 Å². The highest BCUT2D eigenvalue weighted by atomic mass is 79.9. The highest BCUT2D eigenvalue weighted by Crippen LogP contribution is 2.23. The van der Waals surface area contributed by atoms with Gasteiger partial charge in [0.25, 0.3) is 0 Å². The summed E-state index contributed by atoms with van der Waals surface area (Å²) in [5.74, 6) is 0. The van der Waals surface area contributed by atoms with Crippen LogP contribution in [0.1, 0.15) is 37.8 Å². The Bertz CT molecular complexity index is 553. The Balaban J connectivity index is 2.83. The first-order chi connectivity index (χ1) is 9.18. The summed E-state index contributed by atoms with van der Waals surface area (Å²) in [5, 5.41) is 0.945. The molecule has 0 spiro atoms. The van der Waals surface area contributed by atoms with Crippen molar-refractivity contribution in [1.29, 1.82) is 0 Å². The van der Waals surface area contributed by atoms with Gasteiger partial charge in [0.15, 0.2) is 0 Å². The average molecular weight is 362 g/mol. The van der Waals surface area contributed by atoms with Crippen LogP contribution in [0.4, 0.5) is 0 Å². The Hall–Kier alpha value is -0.390. The zero-order valence-corrected chi connectivity index (χ0v) is 15.1. The number of aryl methyl sites for hydroxylation is 2. The summed E-state index contributed by atoms with van der Waals surface area (Å²) in [4.78, 5) is 0.383. The van der Waals surface area contributed by atoms with E-state index in [0.29, 0.717) is 11.4 Å². The first kappa shape index (κ1) is 17.7. The van der Waals surface area contributed by atoms with E-state index in [1.165, 1.54) is 0 Å². The van der Waals surface area contributed by atoms with Gasteiger partial charge in [-0.05, 0) is 49.3 Å². The number of sulfonamides is 1. The van der Waals surface area contributed by atoms with E-state index in [2.05, 4.69) is 34.5 Å². The molecule has 0 fully saturated rings. The van der Waals surface area contributed by atoms with E-state index in [4.69, 9.17) is 0 Å². The predicted octanol–water partition coefficient (Wildman–Crippen LogP) is 3.78. The SMILES string of the molecule is Cc1ccc(C)c(S(=O)(=O)NCC(C)(C)CCCBr)c1. The number of benzene rings is 1. The summed E-state index contributed by atoms with van der Waals surface area (Å²) in [6.07, 6.45) is 2.02. The van der Waals surface area contributed by atoms with Crippen LogP contribution in [0.5, 0.6) is 0 Å². The fourth-order valence-electron chi connectivity index (χ4n) is 2.00. The second-order valence-electron chi connectivity index (χ2n) is 6.05. The molecule has 0 unspecified atom stereocenters. The Labute approximate surface area is 131 Å². The summed E-state index contributed by atoms with van der Waals surface area (Å²) in [7, 11) is -3.43. The molecule has 0 saturated carbocycles. The third-order valence-electron chi connectivity index (χ3n) is 3.36. The van der Waals surface area contributed by atoms with Gasteiger partial charge in [-0.25, -0.2) is 13.1 Å². The molecule has 3 nitrogen and oxygen atoms in total. The molecule has 0 bridgehead atoms. The van der Waals surface area contributed by atoms with Crippen LogP contribution in [0.25, 0.3) is 0 Å². The van der Waals surface area contributed by atoms with Gasteiger partial charge < -0.3 is 0 Å². The summed E-state index contributed by atoms with van der Waals surface area (Å²) in [5.41, 5.74) is 1.69. The van der Waals surface area contributed by atoms with Gasteiger partial charge in [-0.1, -0.05) is 41.9 Å². The van der Waals surface area contributed by atoms with E-state index in [0.717, 1.165) is 29.3 Å². The van der Waals surface area contributed by atoms with E-state index >= 15 is 0 Å². The van der Waals surface area contributed by atoms with E-state index in [1.54, 1.807) is 6.07 Å². The molecule has 0 aliphatic heterocycles. The first-order valence-electron chi connectivity index (χ1n) is 6.81. The Morgan fingerprint density at radius 1 is 1.25 bits per heavy atom. The van der Waals surface area contributed by atoms with Crippen molar-refractivity contribution in [2.45, 2.75) is 45.4 Å². The monoisotopic (exact) mass is 361 g/mol. The number of hydrogen-bond donors (Lipinski definition) is 1. The molecule has 0 aromatic heterocycles. The van der Waals surface area contributed by atoms with Crippen molar-refractivity contribution in [3.8, 4) is 0 Å². The van der Waals surface area contributed by atoms with Crippen LogP contribution in [0, 0.1) is 19.3 Å². The van der Waals surface area contributed by atoms with E-state index in [1.807, 2.05) is 26.0 Å². The van der Waals surface area contributed by atoms with Gasteiger partial charge in [0.1, 0.15) is 0 Å². The van der Waals surface area contributed by atoms with Crippen molar-refractivity contribution in [3.05, 3.63) is 29.3 Å². The Morgan fingerprint density at radius 2 is 1.90 bits per heavy atom. The van der Waals surface area contributed by atoms with E-state index in [-0.39, 0.29) is 5.41 Å². The number of halogens is 1.